The normalized spacial score (nSPS) is 16.1. The van der Waals surface area contributed by atoms with Crippen LogP contribution in [0.3, 0.4) is 0 Å². The van der Waals surface area contributed by atoms with Crippen LogP contribution in [0.15, 0.2) is 140 Å². The summed E-state index contributed by atoms with van der Waals surface area (Å²) in [7, 11) is 2.53. The Balaban J connectivity index is 1.10. The van der Waals surface area contributed by atoms with Gasteiger partial charge in [-0.25, -0.2) is 0 Å². The van der Waals surface area contributed by atoms with Crippen LogP contribution in [0.25, 0.3) is 72.0 Å². The Hall–Kier alpha value is -6.58. The van der Waals surface area contributed by atoms with E-state index in [-0.39, 0.29) is 27.1 Å². The highest BCUT2D eigenvalue weighted by Gasteiger charge is 2.41. The van der Waals surface area contributed by atoms with E-state index in [4.69, 9.17) is 0 Å². The van der Waals surface area contributed by atoms with Crippen molar-refractivity contribution in [1.29, 1.82) is 0 Å². The zero-order chi connectivity index (χ0) is 47.2. The first-order valence-corrected chi connectivity index (χ1v) is 24.8. The number of aromatic nitrogens is 1. The first-order chi connectivity index (χ1) is 32.2. The summed E-state index contributed by atoms with van der Waals surface area (Å²) in [6, 6.07) is 54.5. The quantitative estimate of drug-likeness (QED) is 0.175. The molecule has 1 aliphatic heterocycles. The molecule has 0 spiro atoms. The van der Waals surface area contributed by atoms with Crippen LogP contribution in [-0.4, -0.2) is 11.8 Å². The predicted octanol–water partition coefficient (Wildman–Crippen LogP) is 15.7. The van der Waals surface area contributed by atoms with Crippen molar-refractivity contribution in [1.82, 2.24) is 4.57 Å². The Morgan fingerprint density at radius 3 is 1.62 bits per heavy atom. The van der Waals surface area contributed by atoms with Crippen LogP contribution in [0.1, 0.15) is 128 Å². The molecule has 1 N–H and O–H groups in total. The molecule has 1 aromatic heterocycles. The van der Waals surface area contributed by atoms with Gasteiger partial charge in [-0.15, -0.1) is 0 Å². The minimum atomic E-state index is -0.176. The van der Waals surface area contributed by atoms with Crippen molar-refractivity contribution in [2.45, 2.75) is 110 Å². The van der Waals surface area contributed by atoms with E-state index in [1.807, 2.05) is 0 Å². The van der Waals surface area contributed by atoms with E-state index in [2.05, 4.69) is 240 Å². The molecular weight excluding hydrogens is 820 g/mol. The molecule has 2 nitrogen and oxygen atoms in total. The number of anilines is 2. The highest BCUT2D eigenvalue weighted by atomic mass is 15.0. The van der Waals surface area contributed by atoms with Gasteiger partial charge in [-0.05, 0) is 142 Å². The van der Waals surface area contributed by atoms with Crippen molar-refractivity contribution in [3.05, 3.63) is 184 Å². The van der Waals surface area contributed by atoms with Gasteiger partial charge in [-0.2, -0.15) is 0 Å². The van der Waals surface area contributed by atoms with Gasteiger partial charge in [0.05, 0.1) is 5.52 Å². The van der Waals surface area contributed by atoms with Gasteiger partial charge in [0, 0.05) is 55.2 Å². The molecule has 3 heteroatoms. The second-order valence-electron chi connectivity index (χ2n) is 24.1. The molecule has 3 aliphatic carbocycles. The summed E-state index contributed by atoms with van der Waals surface area (Å²) in [5.74, 6) is 0. The van der Waals surface area contributed by atoms with Crippen LogP contribution in [0.5, 0.6) is 0 Å². The van der Waals surface area contributed by atoms with E-state index in [0.29, 0.717) is 0 Å². The molecule has 0 bridgehead atoms. The summed E-state index contributed by atoms with van der Waals surface area (Å²) in [4.78, 5) is 0. The van der Waals surface area contributed by atoms with Crippen molar-refractivity contribution in [3.63, 3.8) is 0 Å². The lowest BCUT2D eigenvalue weighted by Crippen LogP contribution is -2.38. The summed E-state index contributed by atoms with van der Waals surface area (Å²) in [6.45, 7) is 28.3. The number of fused-ring (bicyclic) bond motifs is 14. The Bertz CT molecular complexity index is 3710. The fourth-order valence-corrected chi connectivity index (χ4v) is 13.0. The molecule has 68 heavy (non-hydrogen) atoms. The van der Waals surface area contributed by atoms with Crippen molar-refractivity contribution >= 4 is 51.4 Å². The minimum absolute atomic E-state index is 0.0526. The van der Waals surface area contributed by atoms with Crippen molar-refractivity contribution in [2.75, 3.05) is 5.32 Å². The molecule has 13 rings (SSSR count). The highest BCUT2D eigenvalue weighted by Crippen LogP contribution is 2.55. The van der Waals surface area contributed by atoms with Crippen LogP contribution in [0.4, 0.5) is 11.4 Å². The summed E-state index contributed by atoms with van der Waals surface area (Å²) in [5, 5.41) is 6.65. The van der Waals surface area contributed by atoms with Gasteiger partial charge < -0.3 is 9.88 Å². The molecule has 0 atom stereocenters. The third-order valence-corrected chi connectivity index (χ3v) is 16.9. The molecule has 333 valence electrons. The molecule has 4 aliphatic rings. The minimum Gasteiger partial charge on any atom is -0.355 e. The predicted molar refractivity (Wildman–Crippen MR) is 291 cm³/mol. The fraction of sp³-hybridized carbons (Fsp3) is 0.262. The maximum absolute atomic E-state index is 4.04. The lowest BCUT2D eigenvalue weighted by molar-refractivity contribution is 0.584. The molecule has 0 unspecified atom stereocenters. The van der Waals surface area contributed by atoms with Gasteiger partial charge >= 0.3 is 0 Å². The Morgan fingerprint density at radius 1 is 0.426 bits per heavy atom. The number of nitrogens with zero attached hydrogens (tertiary/aromatic N) is 1. The number of benzene rings is 8. The van der Waals surface area contributed by atoms with E-state index < -0.39 is 0 Å². The first kappa shape index (κ1) is 41.6. The average molecular weight is 880 g/mol. The van der Waals surface area contributed by atoms with Gasteiger partial charge in [0.1, 0.15) is 0 Å². The Labute approximate surface area is 403 Å². The van der Waals surface area contributed by atoms with Gasteiger partial charge in [0.25, 0.3) is 0 Å². The number of hydrogen-bond donors (Lipinski definition) is 1. The van der Waals surface area contributed by atoms with Gasteiger partial charge in [0.15, 0.2) is 7.28 Å². The first-order valence-electron chi connectivity index (χ1n) is 24.8. The third-order valence-electron chi connectivity index (χ3n) is 16.9. The van der Waals surface area contributed by atoms with E-state index in [9.17, 15) is 0 Å². The molecule has 0 amide bonds. The fourth-order valence-electron chi connectivity index (χ4n) is 13.0. The molecule has 9 aromatic rings. The number of rotatable bonds is 3. The molecule has 8 aromatic carbocycles. The second-order valence-corrected chi connectivity index (χ2v) is 24.1. The van der Waals surface area contributed by atoms with Crippen molar-refractivity contribution in [2.24, 2.45) is 0 Å². The number of nitrogens with one attached hydrogen (secondary N) is 1. The van der Waals surface area contributed by atoms with Gasteiger partial charge in [0.2, 0.25) is 0 Å². The molecular formula is C65H60BN2. The average Bonchev–Trinajstić information content (AvgIpc) is 3.91. The summed E-state index contributed by atoms with van der Waals surface area (Å²) in [6.07, 6.45) is 0. The van der Waals surface area contributed by atoms with E-state index in [1.54, 1.807) is 0 Å². The van der Waals surface area contributed by atoms with E-state index in [0.717, 1.165) is 11.4 Å². The lowest BCUT2D eigenvalue weighted by Gasteiger charge is -2.28. The smallest absolute Gasteiger partial charge is 0.197 e. The molecule has 1 radical (unpaired) electrons. The van der Waals surface area contributed by atoms with Gasteiger partial charge in [-0.3, -0.25) is 0 Å². The summed E-state index contributed by atoms with van der Waals surface area (Å²) >= 11 is 0. The molecule has 0 saturated carbocycles. The van der Waals surface area contributed by atoms with E-state index in [1.165, 1.54) is 127 Å². The van der Waals surface area contributed by atoms with Gasteiger partial charge in [-0.1, -0.05) is 186 Å². The molecule has 0 fully saturated rings. The van der Waals surface area contributed by atoms with Crippen LogP contribution in [0.2, 0.25) is 0 Å². The van der Waals surface area contributed by atoms with Crippen LogP contribution >= 0.6 is 0 Å². The monoisotopic (exact) mass is 879 g/mol. The lowest BCUT2D eigenvalue weighted by atomic mass is 9.58. The van der Waals surface area contributed by atoms with Crippen LogP contribution in [-0.2, 0) is 27.1 Å². The Morgan fingerprint density at radius 2 is 0.956 bits per heavy atom. The van der Waals surface area contributed by atoms with Crippen molar-refractivity contribution < 1.29 is 0 Å². The third kappa shape index (κ3) is 5.54. The van der Waals surface area contributed by atoms with E-state index >= 15 is 0 Å². The maximum atomic E-state index is 4.04. The zero-order valence-corrected chi connectivity index (χ0v) is 41.8. The molecule has 2 heterocycles. The van der Waals surface area contributed by atoms with Crippen molar-refractivity contribution in [3.8, 4) is 50.2 Å². The summed E-state index contributed by atoms with van der Waals surface area (Å²) < 4.78 is 2.64. The standard InChI is InChI=1S/C65H60BN2/c1-61(2,3)36-21-24-38(25-22-36)67-56-35-54-44(41-26-23-37(62(4,5)6)29-51(41)65(54,11)12)30-47(56)42-27-28-43-48-31-52-45(39-17-13-15-19-49(39)63(52,7)8)32-57(48)68-58-33-46-40-18-14-16-20-50(40)64(9,10)53(46)34-55(58)66-59(42)60(43)68/h13-35,67H,1-12H3. The van der Waals surface area contributed by atoms with Crippen LogP contribution in [0, 0.1) is 0 Å². The maximum Gasteiger partial charge on any atom is 0.197 e. The van der Waals surface area contributed by atoms with Crippen LogP contribution < -0.4 is 16.2 Å². The SMILES string of the molecule is CC(C)(C)c1ccc(Nc2cc3c(cc2-c2ccc4c5cc6c(cc5n5c4c2[B]c2cc4c(cc2-5)-c2ccccc2C4(C)C)-c2ccccc2C6(C)C)-c2ccc(C(C)(C)C)cc2C3(C)C)cc1. The zero-order valence-electron chi connectivity index (χ0n) is 41.8. The summed E-state index contributed by atoms with van der Waals surface area (Å²) in [5.41, 5.74) is 29.9. The second kappa shape index (κ2) is 13.4. The molecule has 0 saturated heterocycles. The topological polar surface area (TPSA) is 17.0 Å². The number of hydrogen-bond acceptors (Lipinski definition) is 1. The Kier molecular flexibility index (Phi) is 8.17. The highest BCUT2D eigenvalue weighted by molar-refractivity contribution is 6.73. The largest absolute Gasteiger partial charge is 0.355 e.